The molecule has 2 N–H and O–H groups in total. The number of benzene rings is 2. The molecule has 33 heavy (non-hydrogen) atoms. The molecule has 1 aromatic heterocycles. The molecule has 168 valence electrons. The van der Waals surface area contributed by atoms with Gasteiger partial charge in [0.15, 0.2) is 11.6 Å². The summed E-state index contributed by atoms with van der Waals surface area (Å²) in [5.41, 5.74) is 1.94. The highest BCUT2D eigenvalue weighted by Crippen LogP contribution is 2.30. The first-order valence-corrected chi connectivity index (χ1v) is 12.1. The minimum absolute atomic E-state index is 0.181. The van der Waals surface area contributed by atoms with E-state index in [0.717, 1.165) is 12.2 Å². The van der Waals surface area contributed by atoms with Crippen LogP contribution in [0, 0.1) is 5.92 Å². The molecule has 2 aromatic carbocycles. The van der Waals surface area contributed by atoms with Gasteiger partial charge in [-0.1, -0.05) is 61.7 Å². The number of aromatic amines is 1. The first-order chi connectivity index (χ1) is 16.0. The number of nitrogens with zero attached hydrogens (tertiary/aromatic N) is 2. The van der Waals surface area contributed by atoms with Gasteiger partial charge in [-0.3, -0.25) is 19.5 Å². The van der Waals surface area contributed by atoms with Crippen LogP contribution in [0.3, 0.4) is 0 Å². The number of ketones is 2. The summed E-state index contributed by atoms with van der Waals surface area (Å²) in [6.07, 6.45) is 5.95. The van der Waals surface area contributed by atoms with Crippen molar-refractivity contribution in [1.29, 1.82) is 0 Å². The number of fused-ring (bicyclic) bond motifs is 2. The van der Waals surface area contributed by atoms with E-state index >= 15 is 0 Å². The van der Waals surface area contributed by atoms with Gasteiger partial charge in [0.2, 0.25) is 11.1 Å². The second kappa shape index (κ2) is 8.94. The fourth-order valence-electron chi connectivity index (χ4n) is 4.54. The third-order valence-corrected chi connectivity index (χ3v) is 7.27. The van der Waals surface area contributed by atoms with Crippen molar-refractivity contribution >= 4 is 34.9 Å². The van der Waals surface area contributed by atoms with Gasteiger partial charge in [0.05, 0.1) is 5.25 Å². The molecule has 1 atom stereocenters. The normalized spacial score (nSPS) is 16.4. The van der Waals surface area contributed by atoms with E-state index < -0.39 is 5.25 Å². The zero-order valence-electron chi connectivity index (χ0n) is 18.3. The Morgan fingerprint density at radius 2 is 1.73 bits per heavy atom. The average Bonchev–Trinajstić information content (AvgIpc) is 3.50. The van der Waals surface area contributed by atoms with Crippen molar-refractivity contribution in [2.45, 2.75) is 49.4 Å². The number of H-pyrrole nitrogens is 1. The number of hydrogen-bond donors (Lipinski definition) is 2. The zero-order valence-corrected chi connectivity index (χ0v) is 19.1. The van der Waals surface area contributed by atoms with Crippen LogP contribution in [0.1, 0.15) is 70.3 Å². The van der Waals surface area contributed by atoms with Gasteiger partial charge < -0.3 is 5.32 Å². The Kier molecular flexibility index (Phi) is 5.85. The van der Waals surface area contributed by atoms with Crippen LogP contribution < -0.4 is 5.32 Å². The van der Waals surface area contributed by atoms with Crippen LogP contribution in [0.5, 0.6) is 0 Å². The number of hydrogen-bond acceptors (Lipinski definition) is 6. The summed E-state index contributed by atoms with van der Waals surface area (Å²) in [6, 6.07) is 11.6. The predicted octanol–water partition coefficient (Wildman–Crippen LogP) is 4.43. The van der Waals surface area contributed by atoms with Gasteiger partial charge in [-0.2, -0.15) is 0 Å². The quantitative estimate of drug-likeness (QED) is 0.413. The second-order valence-corrected chi connectivity index (χ2v) is 9.94. The van der Waals surface area contributed by atoms with E-state index in [1.165, 1.54) is 37.4 Å². The summed E-state index contributed by atoms with van der Waals surface area (Å²) in [5.74, 6) is 0.920. The topological polar surface area (TPSA) is 105 Å². The predicted molar refractivity (Wildman–Crippen MR) is 126 cm³/mol. The standard InChI is InChI=1S/C25H24N4O3S/c1-14(33-25-27-21(28-29-25)12-15-6-2-3-7-15)24(32)26-16-10-11-19-20(13-16)23(31)18-9-5-4-8-17(18)22(19)30/h4-5,8-11,13-15H,2-3,6-7,12H2,1H3,(H,26,32)(H,27,28,29). The van der Waals surface area contributed by atoms with Crippen molar-refractivity contribution in [3.05, 3.63) is 70.5 Å². The third kappa shape index (κ3) is 4.35. The van der Waals surface area contributed by atoms with Crippen LogP contribution in [0.25, 0.3) is 0 Å². The van der Waals surface area contributed by atoms with Gasteiger partial charge in [-0.15, -0.1) is 5.10 Å². The molecule has 1 heterocycles. The van der Waals surface area contributed by atoms with Crippen LogP contribution >= 0.6 is 11.8 Å². The van der Waals surface area contributed by atoms with E-state index in [0.29, 0.717) is 39.0 Å². The van der Waals surface area contributed by atoms with E-state index in [1.54, 1.807) is 49.4 Å². The lowest BCUT2D eigenvalue weighted by molar-refractivity contribution is -0.115. The molecule has 2 aliphatic carbocycles. The van der Waals surface area contributed by atoms with Crippen molar-refractivity contribution in [3.63, 3.8) is 0 Å². The van der Waals surface area contributed by atoms with E-state index in [2.05, 4.69) is 20.5 Å². The van der Waals surface area contributed by atoms with E-state index in [9.17, 15) is 14.4 Å². The van der Waals surface area contributed by atoms with Gasteiger partial charge >= 0.3 is 0 Å². The van der Waals surface area contributed by atoms with Crippen LogP contribution in [0.15, 0.2) is 47.6 Å². The van der Waals surface area contributed by atoms with Crippen molar-refractivity contribution in [1.82, 2.24) is 15.2 Å². The lowest BCUT2D eigenvalue weighted by Gasteiger charge is -2.18. The number of aromatic nitrogens is 3. The Bertz CT molecular complexity index is 1250. The Morgan fingerprint density at radius 3 is 2.45 bits per heavy atom. The largest absolute Gasteiger partial charge is 0.325 e. The Balaban J connectivity index is 1.25. The van der Waals surface area contributed by atoms with Crippen molar-refractivity contribution < 1.29 is 14.4 Å². The first-order valence-electron chi connectivity index (χ1n) is 11.2. The maximum atomic E-state index is 12.9. The summed E-state index contributed by atoms with van der Waals surface area (Å²) in [4.78, 5) is 43.0. The molecule has 1 amide bonds. The second-order valence-electron chi connectivity index (χ2n) is 8.63. The first kappa shape index (κ1) is 21.6. The van der Waals surface area contributed by atoms with Crippen molar-refractivity contribution in [3.8, 4) is 0 Å². The highest BCUT2D eigenvalue weighted by molar-refractivity contribution is 8.00. The molecule has 1 unspecified atom stereocenters. The molecule has 0 radical (unpaired) electrons. The maximum Gasteiger partial charge on any atom is 0.237 e. The van der Waals surface area contributed by atoms with Crippen LogP contribution in [0.2, 0.25) is 0 Å². The molecular formula is C25H24N4O3S. The number of carbonyl (C=O) groups excluding carboxylic acids is 3. The molecule has 0 aliphatic heterocycles. The molecule has 0 saturated heterocycles. The molecule has 2 aliphatic rings. The number of carbonyl (C=O) groups is 3. The van der Waals surface area contributed by atoms with Crippen molar-refractivity contribution in [2.24, 2.45) is 5.92 Å². The molecule has 1 saturated carbocycles. The van der Waals surface area contributed by atoms with E-state index in [-0.39, 0.29) is 17.5 Å². The minimum Gasteiger partial charge on any atom is -0.325 e. The van der Waals surface area contributed by atoms with Gasteiger partial charge in [-0.05, 0) is 31.0 Å². The summed E-state index contributed by atoms with van der Waals surface area (Å²) in [7, 11) is 0. The third-order valence-electron chi connectivity index (χ3n) is 6.31. The number of rotatable bonds is 6. The van der Waals surface area contributed by atoms with Gasteiger partial charge in [0.25, 0.3) is 0 Å². The molecule has 8 heteroatoms. The molecule has 3 aromatic rings. The minimum atomic E-state index is -0.436. The van der Waals surface area contributed by atoms with Crippen LogP contribution in [-0.2, 0) is 11.2 Å². The smallest absolute Gasteiger partial charge is 0.237 e. The van der Waals surface area contributed by atoms with Gasteiger partial charge in [-0.25, -0.2) is 4.98 Å². The number of nitrogens with one attached hydrogen (secondary N) is 2. The number of amides is 1. The molecule has 0 bridgehead atoms. The lowest BCUT2D eigenvalue weighted by atomic mass is 9.84. The SMILES string of the molecule is CC(Sc1n[nH]c(CC2CCCC2)n1)C(=O)Nc1ccc2c(c1)C(=O)c1ccccc1C2=O. The fourth-order valence-corrected chi connectivity index (χ4v) is 5.29. The van der Waals surface area contributed by atoms with Gasteiger partial charge in [0, 0.05) is 34.4 Å². The number of thioether (sulfide) groups is 1. The van der Waals surface area contributed by atoms with Crippen LogP contribution in [-0.4, -0.2) is 37.9 Å². The van der Waals surface area contributed by atoms with Crippen molar-refractivity contribution in [2.75, 3.05) is 5.32 Å². The summed E-state index contributed by atoms with van der Waals surface area (Å²) >= 11 is 1.28. The lowest BCUT2D eigenvalue weighted by Crippen LogP contribution is -2.24. The Hall–Kier alpha value is -3.26. The van der Waals surface area contributed by atoms with E-state index in [1.807, 2.05) is 0 Å². The summed E-state index contributed by atoms with van der Waals surface area (Å²) in [6.45, 7) is 1.79. The molecule has 5 rings (SSSR count). The molecular weight excluding hydrogens is 436 g/mol. The average molecular weight is 461 g/mol. The Morgan fingerprint density at radius 1 is 1.06 bits per heavy atom. The summed E-state index contributed by atoms with van der Waals surface area (Å²) in [5, 5.41) is 10.2. The highest BCUT2D eigenvalue weighted by Gasteiger charge is 2.29. The highest BCUT2D eigenvalue weighted by atomic mass is 32.2. The number of anilines is 1. The fraction of sp³-hybridized carbons (Fsp3) is 0.320. The molecule has 7 nitrogen and oxygen atoms in total. The van der Waals surface area contributed by atoms with Gasteiger partial charge in [0.1, 0.15) is 5.82 Å². The molecule has 1 fully saturated rings. The summed E-state index contributed by atoms with van der Waals surface area (Å²) < 4.78 is 0. The van der Waals surface area contributed by atoms with Crippen LogP contribution in [0.4, 0.5) is 5.69 Å². The monoisotopic (exact) mass is 460 g/mol. The molecule has 0 spiro atoms. The zero-order chi connectivity index (χ0) is 22.9. The maximum absolute atomic E-state index is 12.9. The Labute approximate surface area is 195 Å². The van der Waals surface area contributed by atoms with E-state index in [4.69, 9.17) is 0 Å².